The topological polar surface area (TPSA) is 85.3 Å². The minimum Gasteiger partial charge on any atom is -0.507 e. The number of esters is 1. The highest BCUT2D eigenvalue weighted by atomic mass is 16.6. The summed E-state index contributed by atoms with van der Waals surface area (Å²) in [4.78, 5) is 24.9. The first-order valence-corrected chi connectivity index (χ1v) is 7.70. The van der Waals surface area contributed by atoms with E-state index < -0.39 is 17.7 Å². The monoisotopic (exact) mass is 339 g/mol. The van der Waals surface area contributed by atoms with E-state index in [-0.39, 0.29) is 17.9 Å². The molecule has 1 rings (SSSR count). The SMILES string of the molecule is CCN(CCOc1ccc(C(=O)OC)c(O)c1)C(=O)OC(C)(C)C. The normalized spacial score (nSPS) is 10.9. The van der Waals surface area contributed by atoms with Crippen LogP contribution in [-0.2, 0) is 9.47 Å². The quantitative estimate of drug-likeness (QED) is 0.802. The fraction of sp³-hybridized carbons (Fsp3) is 0.529. The minimum absolute atomic E-state index is 0.0637. The summed E-state index contributed by atoms with van der Waals surface area (Å²) < 4.78 is 15.4. The minimum atomic E-state index is -0.624. The number of aromatic hydroxyl groups is 1. The van der Waals surface area contributed by atoms with Crippen molar-refractivity contribution in [1.29, 1.82) is 0 Å². The second-order valence-corrected chi connectivity index (χ2v) is 6.08. The Morgan fingerprint density at radius 3 is 2.42 bits per heavy atom. The number of phenols is 1. The van der Waals surface area contributed by atoms with Gasteiger partial charge in [0.25, 0.3) is 0 Å². The summed E-state index contributed by atoms with van der Waals surface area (Å²) in [6.45, 7) is 8.32. The van der Waals surface area contributed by atoms with Crippen molar-refractivity contribution in [2.24, 2.45) is 0 Å². The molecule has 1 aromatic carbocycles. The van der Waals surface area contributed by atoms with E-state index in [0.717, 1.165) is 0 Å². The van der Waals surface area contributed by atoms with Crippen LogP contribution in [0, 0.1) is 0 Å². The average molecular weight is 339 g/mol. The number of hydrogen-bond donors (Lipinski definition) is 1. The van der Waals surface area contributed by atoms with E-state index >= 15 is 0 Å². The van der Waals surface area contributed by atoms with Crippen molar-refractivity contribution in [3.8, 4) is 11.5 Å². The van der Waals surface area contributed by atoms with Gasteiger partial charge in [0, 0.05) is 12.6 Å². The molecule has 0 bridgehead atoms. The Bertz CT molecular complexity index is 579. The van der Waals surface area contributed by atoms with Crippen molar-refractivity contribution >= 4 is 12.1 Å². The molecule has 0 aromatic heterocycles. The van der Waals surface area contributed by atoms with Gasteiger partial charge in [0.05, 0.1) is 13.7 Å². The molecule has 0 spiro atoms. The molecule has 0 unspecified atom stereocenters. The first-order valence-electron chi connectivity index (χ1n) is 7.70. The molecule has 0 heterocycles. The van der Waals surface area contributed by atoms with Crippen molar-refractivity contribution in [2.45, 2.75) is 33.3 Å². The van der Waals surface area contributed by atoms with Gasteiger partial charge in [0.15, 0.2) is 0 Å². The first kappa shape index (κ1) is 19.6. The number of rotatable bonds is 6. The molecular formula is C17H25NO6. The largest absolute Gasteiger partial charge is 0.507 e. The zero-order chi connectivity index (χ0) is 18.3. The molecule has 0 aliphatic carbocycles. The number of amides is 1. The van der Waals surface area contributed by atoms with Crippen molar-refractivity contribution in [2.75, 3.05) is 26.8 Å². The average Bonchev–Trinajstić information content (AvgIpc) is 2.49. The van der Waals surface area contributed by atoms with Crippen LogP contribution < -0.4 is 4.74 Å². The molecule has 1 amide bonds. The molecule has 24 heavy (non-hydrogen) atoms. The molecule has 0 fully saturated rings. The van der Waals surface area contributed by atoms with E-state index in [1.165, 1.54) is 24.1 Å². The molecule has 7 heteroatoms. The summed E-state index contributed by atoms with van der Waals surface area (Å²) in [5.41, 5.74) is -0.491. The van der Waals surface area contributed by atoms with E-state index in [9.17, 15) is 14.7 Å². The Kier molecular flexibility index (Phi) is 6.88. The van der Waals surface area contributed by atoms with Gasteiger partial charge in [-0.1, -0.05) is 0 Å². The van der Waals surface area contributed by atoms with Crippen LogP contribution in [0.15, 0.2) is 18.2 Å². The van der Waals surface area contributed by atoms with Gasteiger partial charge in [0.1, 0.15) is 29.3 Å². The number of ether oxygens (including phenoxy) is 3. The highest BCUT2D eigenvalue weighted by Crippen LogP contribution is 2.24. The van der Waals surface area contributed by atoms with Crippen LogP contribution in [0.3, 0.4) is 0 Å². The lowest BCUT2D eigenvalue weighted by atomic mass is 10.2. The number of carbonyl (C=O) groups excluding carboxylic acids is 2. The Balaban J connectivity index is 2.58. The molecule has 0 saturated heterocycles. The maximum Gasteiger partial charge on any atom is 0.410 e. The van der Waals surface area contributed by atoms with Crippen LogP contribution >= 0.6 is 0 Å². The van der Waals surface area contributed by atoms with Crippen LogP contribution in [-0.4, -0.2) is 54.5 Å². The van der Waals surface area contributed by atoms with Gasteiger partial charge in [0.2, 0.25) is 0 Å². The van der Waals surface area contributed by atoms with E-state index in [4.69, 9.17) is 9.47 Å². The van der Waals surface area contributed by atoms with Crippen molar-refractivity contribution in [1.82, 2.24) is 4.90 Å². The molecule has 0 atom stereocenters. The zero-order valence-corrected chi connectivity index (χ0v) is 14.8. The zero-order valence-electron chi connectivity index (χ0n) is 14.8. The van der Waals surface area contributed by atoms with E-state index in [1.54, 1.807) is 26.8 Å². The predicted molar refractivity (Wildman–Crippen MR) is 88.4 cm³/mol. The lowest BCUT2D eigenvalue weighted by molar-refractivity contribution is 0.0237. The first-order chi connectivity index (χ1) is 11.2. The summed E-state index contributed by atoms with van der Waals surface area (Å²) >= 11 is 0. The summed E-state index contributed by atoms with van der Waals surface area (Å²) in [7, 11) is 1.24. The second-order valence-electron chi connectivity index (χ2n) is 6.08. The molecule has 1 N–H and O–H groups in total. The van der Waals surface area contributed by atoms with Gasteiger partial charge in [-0.25, -0.2) is 9.59 Å². The highest BCUT2D eigenvalue weighted by molar-refractivity contribution is 5.92. The van der Waals surface area contributed by atoms with E-state index in [0.29, 0.717) is 18.8 Å². The predicted octanol–water partition coefficient (Wildman–Crippen LogP) is 2.81. The molecule has 134 valence electrons. The van der Waals surface area contributed by atoms with Gasteiger partial charge in [-0.3, -0.25) is 0 Å². The molecular weight excluding hydrogens is 314 g/mol. The Hall–Kier alpha value is -2.44. The Morgan fingerprint density at radius 1 is 1.25 bits per heavy atom. The number of hydrogen-bond acceptors (Lipinski definition) is 6. The van der Waals surface area contributed by atoms with Crippen molar-refractivity contribution in [3.05, 3.63) is 23.8 Å². The van der Waals surface area contributed by atoms with Gasteiger partial charge < -0.3 is 24.2 Å². The number of likely N-dealkylation sites (N-methyl/N-ethyl adjacent to an activating group) is 1. The maximum atomic E-state index is 12.0. The van der Waals surface area contributed by atoms with Crippen molar-refractivity contribution < 1.29 is 28.9 Å². The molecule has 0 radical (unpaired) electrons. The summed E-state index contributed by atoms with van der Waals surface area (Å²) in [6.07, 6.45) is -0.405. The standard InChI is InChI=1S/C17H25NO6/c1-6-18(16(21)24-17(2,3)4)9-10-23-12-7-8-13(14(19)11-12)15(20)22-5/h7-8,11,19H,6,9-10H2,1-5H3. The third-order valence-electron chi connectivity index (χ3n) is 3.04. The number of carbonyl (C=O) groups is 2. The lowest BCUT2D eigenvalue weighted by Crippen LogP contribution is -2.38. The van der Waals surface area contributed by atoms with Gasteiger partial charge >= 0.3 is 12.1 Å². The Labute approximate surface area is 142 Å². The van der Waals surface area contributed by atoms with Crippen molar-refractivity contribution in [3.63, 3.8) is 0 Å². The lowest BCUT2D eigenvalue weighted by Gasteiger charge is -2.26. The molecule has 0 aliphatic heterocycles. The van der Waals surface area contributed by atoms with Gasteiger partial charge in [-0.2, -0.15) is 0 Å². The van der Waals surface area contributed by atoms with Crippen LogP contribution in [0.25, 0.3) is 0 Å². The fourth-order valence-electron chi connectivity index (χ4n) is 1.86. The summed E-state index contributed by atoms with van der Waals surface area (Å²) in [5, 5.41) is 9.80. The molecule has 7 nitrogen and oxygen atoms in total. The van der Waals surface area contributed by atoms with E-state index in [2.05, 4.69) is 4.74 Å². The fourth-order valence-corrected chi connectivity index (χ4v) is 1.86. The van der Waals surface area contributed by atoms with Gasteiger partial charge in [-0.05, 0) is 39.8 Å². The molecule has 0 aliphatic rings. The van der Waals surface area contributed by atoms with Crippen LogP contribution in [0.2, 0.25) is 0 Å². The maximum absolute atomic E-state index is 12.0. The highest BCUT2D eigenvalue weighted by Gasteiger charge is 2.21. The summed E-state index contributed by atoms with van der Waals surface area (Å²) in [6, 6.07) is 4.30. The summed E-state index contributed by atoms with van der Waals surface area (Å²) in [5.74, 6) is -0.458. The third-order valence-corrected chi connectivity index (χ3v) is 3.04. The number of phenolic OH excluding ortho intramolecular Hbond substituents is 1. The van der Waals surface area contributed by atoms with Crippen LogP contribution in [0.5, 0.6) is 11.5 Å². The number of methoxy groups -OCH3 is 1. The third kappa shape index (κ3) is 5.98. The van der Waals surface area contributed by atoms with E-state index in [1.807, 2.05) is 6.92 Å². The Morgan fingerprint density at radius 2 is 1.92 bits per heavy atom. The molecule has 1 aromatic rings. The number of nitrogens with zero attached hydrogens (tertiary/aromatic N) is 1. The van der Waals surface area contributed by atoms with Gasteiger partial charge in [-0.15, -0.1) is 0 Å². The number of benzene rings is 1. The molecule has 0 saturated carbocycles. The second kappa shape index (κ2) is 8.42. The van der Waals surface area contributed by atoms with Crippen LogP contribution in [0.4, 0.5) is 4.79 Å². The smallest absolute Gasteiger partial charge is 0.410 e. The van der Waals surface area contributed by atoms with Crippen LogP contribution in [0.1, 0.15) is 38.1 Å².